The molecule has 4 rings (SSSR count). The number of anilines is 1. The summed E-state index contributed by atoms with van der Waals surface area (Å²) in [5, 5.41) is 9.45. The van der Waals surface area contributed by atoms with Crippen LogP contribution in [0.15, 0.2) is 53.4 Å². The van der Waals surface area contributed by atoms with Crippen LogP contribution in [0.2, 0.25) is 0 Å². The summed E-state index contributed by atoms with van der Waals surface area (Å²) in [7, 11) is -3.63. The van der Waals surface area contributed by atoms with Gasteiger partial charge in [-0.15, -0.1) is 0 Å². The first-order chi connectivity index (χ1) is 15.2. The Hall–Kier alpha value is -2.62. The van der Waals surface area contributed by atoms with Crippen molar-refractivity contribution in [2.75, 3.05) is 44.2 Å². The van der Waals surface area contributed by atoms with E-state index in [1.54, 1.807) is 29.2 Å². The minimum atomic E-state index is -3.63. The number of morpholine rings is 1. The first-order valence-corrected chi connectivity index (χ1v) is 12.3. The normalized spacial score (nSPS) is 22.7. The third-order valence-corrected chi connectivity index (χ3v) is 7.75. The van der Waals surface area contributed by atoms with Crippen LogP contribution in [0.25, 0.3) is 0 Å². The lowest BCUT2D eigenvalue weighted by Crippen LogP contribution is -2.48. The molecule has 2 saturated heterocycles. The van der Waals surface area contributed by atoms with Crippen LogP contribution < -0.4 is 4.90 Å². The minimum Gasteiger partial charge on any atom is -0.508 e. The number of benzene rings is 2. The van der Waals surface area contributed by atoms with Gasteiger partial charge in [-0.1, -0.05) is 0 Å². The number of rotatable bonds is 4. The van der Waals surface area contributed by atoms with Crippen LogP contribution in [0, 0.1) is 0 Å². The van der Waals surface area contributed by atoms with E-state index in [1.807, 2.05) is 26.0 Å². The number of nitrogens with zero attached hydrogens (tertiary/aromatic N) is 3. The lowest BCUT2D eigenvalue weighted by molar-refractivity contribution is -0.0440. The van der Waals surface area contributed by atoms with Gasteiger partial charge in [-0.2, -0.15) is 4.31 Å². The Bertz CT molecular complexity index is 1040. The van der Waals surface area contributed by atoms with E-state index in [0.29, 0.717) is 44.8 Å². The van der Waals surface area contributed by atoms with Gasteiger partial charge in [0.05, 0.1) is 17.1 Å². The maximum Gasteiger partial charge on any atom is 0.253 e. The second kappa shape index (κ2) is 9.09. The van der Waals surface area contributed by atoms with Crippen molar-refractivity contribution in [2.45, 2.75) is 31.0 Å². The summed E-state index contributed by atoms with van der Waals surface area (Å²) >= 11 is 0. The molecule has 8 nitrogen and oxygen atoms in total. The zero-order chi connectivity index (χ0) is 22.9. The van der Waals surface area contributed by atoms with Crippen LogP contribution in [0.3, 0.4) is 0 Å². The molecule has 2 fully saturated rings. The van der Waals surface area contributed by atoms with Crippen LogP contribution in [0.1, 0.15) is 24.2 Å². The van der Waals surface area contributed by atoms with E-state index in [4.69, 9.17) is 4.74 Å². The van der Waals surface area contributed by atoms with Gasteiger partial charge in [0, 0.05) is 50.5 Å². The number of phenolic OH excluding ortho intramolecular Hbond substituents is 1. The summed E-state index contributed by atoms with van der Waals surface area (Å²) in [6.07, 6.45) is -0.316. The Balaban J connectivity index is 1.40. The zero-order valence-corrected chi connectivity index (χ0v) is 19.2. The number of carbonyl (C=O) groups is 1. The molecule has 2 heterocycles. The Labute approximate surface area is 189 Å². The number of hydrogen-bond donors (Lipinski definition) is 1. The van der Waals surface area contributed by atoms with Crippen molar-refractivity contribution in [1.82, 2.24) is 9.21 Å². The number of phenols is 1. The molecule has 2 aromatic rings. The Morgan fingerprint density at radius 2 is 1.47 bits per heavy atom. The Kier molecular flexibility index (Phi) is 6.41. The van der Waals surface area contributed by atoms with Crippen molar-refractivity contribution in [3.63, 3.8) is 0 Å². The summed E-state index contributed by atoms with van der Waals surface area (Å²) < 4.78 is 33.1. The Morgan fingerprint density at radius 1 is 0.906 bits per heavy atom. The van der Waals surface area contributed by atoms with Crippen molar-refractivity contribution >= 4 is 21.6 Å². The minimum absolute atomic E-state index is 0.104. The monoisotopic (exact) mass is 459 g/mol. The molecule has 1 N–H and O–H groups in total. The molecule has 0 aliphatic carbocycles. The standard InChI is InChI=1S/C23H29N3O5S/c1-17-15-26(16-18(2)31-17)32(29,30)22-9-3-19(4-10-22)23(28)25-13-11-24(12-14-25)20-5-7-21(27)8-6-20/h3-10,17-18,27H,11-16H2,1-2H3. The summed E-state index contributed by atoms with van der Waals surface area (Å²) in [5.41, 5.74) is 1.49. The van der Waals surface area contributed by atoms with Crippen molar-refractivity contribution in [3.05, 3.63) is 54.1 Å². The van der Waals surface area contributed by atoms with E-state index in [0.717, 1.165) is 5.69 Å². The quantitative estimate of drug-likeness (QED) is 0.754. The molecular formula is C23H29N3O5S. The third-order valence-electron chi connectivity index (χ3n) is 5.91. The Morgan fingerprint density at radius 3 is 2.03 bits per heavy atom. The summed E-state index contributed by atoms with van der Waals surface area (Å²) in [6, 6.07) is 13.2. The number of hydrogen-bond acceptors (Lipinski definition) is 6. The fourth-order valence-electron chi connectivity index (χ4n) is 4.26. The molecule has 1 amide bonds. The van der Waals surface area contributed by atoms with Gasteiger partial charge < -0.3 is 19.6 Å². The van der Waals surface area contributed by atoms with E-state index >= 15 is 0 Å². The summed E-state index contributed by atoms with van der Waals surface area (Å²) in [6.45, 7) is 6.89. The van der Waals surface area contributed by atoms with Gasteiger partial charge in [-0.25, -0.2) is 8.42 Å². The molecule has 2 unspecified atom stereocenters. The molecule has 2 aliphatic heterocycles. The topological polar surface area (TPSA) is 90.4 Å². The average Bonchev–Trinajstić information content (AvgIpc) is 2.79. The largest absolute Gasteiger partial charge is 0.508 e. The van der Waals surface area contributed by atoms with Gasteiger partial charge in [0.15, 0.2) is 0 Å². The third kappa shape index (κ3) is 4.74. The molecular weight excluding hydrogens is 430 g/mol. The number of aromatic hydroxyl groups is 1. The van der Waals surface area contributed by atoms with Gasteiger partial charge in [0.2, 0.25) is 10.0 Å². The van der Waals surface area contributed by atoms with E-state index in [2.05, 4.69) is 4.90 Å². The highest BCUT2D eigenvalue weighted by atomic mass is 32.2. The van der Waals surface area contributed by atoms with Gasteiger partial charge in [0.25, 0.3) is 5.91 Å². The molecule has 32 heavy (non-hydrogen) atoms. The van der Waals surface area contributed by atoms with E-state index in [1.165, 1.54) is 16.4 Å². The molecule has 0 saturated carbocycles. The first kappa shape index (κ1) is 22.6. The van der Waals surface area contributed by atoms with Crippen LogP contribution in [0.4, 0.5) is 5.69 Å². The molecule has 0 aromatic heterocycles. The van der Waals surface area contributed by atoms with Gasteiger partial charge in [0.1, 0.15) is 5.75 Å². The number of piperazine rings is 1. The van der Waals surface area contributed by atoms with Gasteiger partial charge in [-0.3, -0.25) is 4.79 Å². The molecule has 0 spiro atoms. The first-order valence-electron chi connectivity index (χ1n) is 10.8. The molecule has 0 bridgehead atoms. The van der Waals surface area contributed by atoms with E-state index in [-0.39, 0.29) is 28.8 Å². The number of sulfonamides is 1. The van der Waals surface area contributed by atoms with Gasteiger partial charge >= 0.3 is 0 Å². The average molecular weight is 460 g/mol. The van der Waals surface area contributed by atoms with E-state index < -0.39 is 10.0 Å². The number of amides is 1. The van der Waals surface area contributed by atoms with Gasteiger partial charge in [-0.05, 0) is 62.4 Å². The van der Waals surface area contributed by atoms with E-state index in [9.17, 15) is 18.3 Å². The predicted octanol–water partition coefficient (Wildman–Crippen LogP) is 2.15. The van der Waals surface area contributed by atoms with Crippen molar-refractivity contribution in [2.24, 2.45) is 0 Å². The maximum absolute atomic E-state index is 13.0. The SMILES string of the molecule is CC1CN(S(=O)(=O)c2ccc(C(=O)N3CCN(c4ccc(O)cc4)CC3)cc2)CC(C)O1. The summed E-state index contributed by atoms with van der Waals surface area (Å²) in [4.78, 5) is 17.1. The predicted molar refractivity (Wildman–Crippen MR) is 121 cm³/mol. The maximum atomic E-state index is 13.0. The van der Waals surface area contributed by atoms with Crippen LogP contribution in [-0.2, 0) is 14.8 Å². The van der Waals surface area contributed by atoms with Crippen LogP contribution in [-0.4, -0.2) is 80.1 Å². The van der Waals surface area contributed by atoms with Crippen LogP contribution >= 0.6 is 0 Å². The highest BCUT2D eigenvalue weighted by Crippen LogP contribution is 2.23. The second-order valence-electron chi connectivity index (χ2n) is 8.40. The molecule has 0 radical (unpaired) electrons. The van der Waals surface area contributed by atoms with Crippen LogP contribution in [0.5, 0.6) is 5.75 Å². The zero-order valence-electron chi connectivity index (χ0n) is 18.3. The molecule has 2 aromatic carbocycles. The fourth-order valence-corrected chi connectivity index (χ4v) is 5.85. The van der Waals surface area contributed by atoms with Crippen molar-refractivity contribution < 1.29 is 23.1 Å². The molecule has 2 aliphatic rings. The highest BCUT2D eigenvalue weighted by Gasteiger charge is 2.32. The number of carbonyl (C=O) groups excluding carboxylic acids is 1. The fraction of sp³-hybridized carbons (Fsp3) is 0.435. The molecule has 172 valence electrons. The second-order valence-corrected chi connectivity index (χ2v) is 10.3. The highest BCUT2D eigenvalue weighted by molar-refractivity contribution is 7.89. The lowest BCUT2D eigenvalue weighted by Gasteiger charge is -2.36. The molecule has 2 atom stereocenters. The molecule has 9 heteroatoms. The smallest absolute Gasteiger partial charge is 0.253 e. The number of ether oxygens (including phenoxy) is 1. The van der Waals surface area contributed by atoms with Crippen molar-refractivity contribution in [3.8, 4) is 5.75 Å². The summed E-state index contributed by atoms with van der Waals surface area (Å²) in [5.74, 6) is 0.124. The lowest BCUT2D eigenvalue weighted by atomic mass is 10.1. The van der Waals surface area contributed by atoms with Crippen molar-refractivity contribution in [1.29, 1.82) is 0 Å².